The van der Waals surface area contributed by atoms with Crippen LogP contribution in [0.5, 0.6) is 0 Å². The molecule has 0 spiro atoms. The molecule has 8 aromatic rings. The van der Waals surface area contributed by atoms with E-state index in [1.807, 2.05) is 17.5 Å². The van der Waals surface area contributed by atoms with Crippen LogP contribution in [0.4, 0.5) is 0 Å². The Bertz CT molecular complexity index is 2210. The summed E-state index contributed by atoms with van der Waals surface area (Å²) >= 11 is 1.89. The number of nitrogens with zero attached hydrogens (tertiary/aromatic N) is 2. The zero-order chi connectivity index (χ0) is 25.4. The lowest BCUT2D eigenvalue weighted by molar-refractivity contribution is 1.27. The van der Waals surface area contributed by atoms with Gasteiger partial charge >= 0.3 is 0 Å². The highest BCUT2D eigenvalue weighted by Crippen LogP contribution is 2.42. The number of hydrogen-bond acceptors (Lipinski definition) is 2. The Labute approximate surface area is 224 Å². The molecule has 0 aliphatic rings. The van der Waals surface area contributed by atoms with Crippen molar-refractivity contribution >= 4 is 58.8 Å². The smallest absolute Gasteiger partial charge is 0.145 e. The minimum absolute atomic E-state index is 1.01. The van der Waals surface area contributed by atoms with Gasteiger partial charge in [0.2, 0.25) is 0 Å². The van der Waals surface area contributed by atoms with Crippen molar-refractivity contribution in [3.8, 4) is 22.3 Å². The van der Waals surface area contributed by atoms with Crippen molar-refractivity contribution in [2.45, 2.75) is 13.8 Å². The van der Waals surface area contributed by atoms with Crippen LogP contribution in [0.1, 0.15) is 11.1 Å². The molecule has 0 bridgehead atoms. The fraction of sp³-hybridized carbons (Fsp3) is 0.0571. The first kappa shape index (κ1) is 21.6. The normalized spacial score (nSPS) is 11.9. The zero-order valence-electron chi connectivity index (χ0n) is 21.2. The summed E-state index contributed by atoms with van der Waals surface area (Å²) in [5.41, 5.74) is 9.94. The maximum atomic E-state index is 4.64. The average Bonchev–Trinajstić information content (AvgIpc) is 3.60. The van der Waals surface area contributed by atoms with Crippen molar-refractivity contribution < 1.29 is 0 Å². The van der Waals surface area contributed by atoms with E-state index in [1.165, 1.54) is 75.2 Å². The highest BCUT2D eigenvalue weighted by Gasteiger charge is 2.15. The van der Waals surface area contributed by atoms with E-state index in [2.05, 4.69) is 126 Å². The van der Waals surface area contributed by atoms with Crippen LogP contribution in [0, 0.1) is 13.8 Å². The van der Waals surface area contributed by atoms with E-state index >= 15 is 0 Å². The van der Waals surface area contributed by atoms with E-state index in [1.54, 1.807) is 0 Å². The number of thiophene rings is 1. The van der Waals surface area contributed by atoms with Gasteiger partial charge in [-0.2, -0.15) is 0 Å². The molecule has 3 heteroatoms. The summed E-state index contributed by atoms with van der Waals surface area (Å²) < 4.78 is 4.91. The molecule has 2 nitrogen and oxygen atoms in total. The van der Waals surface area contributed by atoms with Gasteiger partial charge in [0, 0.05) is 43.3 Å². The lowest BCUT2D eigenvalue weighted by Gasteiger charge is -2.15. The largest absolute Gasteiger partial charge is 0.299 e. The van der Waals surface area contributed by atoms with Crippen molar-refractivity contribution in [2.75, 3.05) is 0 Å². The summed E-state index contributed by atoms with van der Waals surface area (Å²) in [6.45, 7) is 4.49. The van der Waals surface area contributed by atoms with Crippen molar-refractivity contribution in [1.82, 2.24) is 9.38 Å². The van der Waals surface area contributed by atoms with Crippen LogP contribution in [0.25, 0.3) is 69.7 Å². The van der Waals surface area contributed by atoms with Gasteiger partial charge in [0.05, 0.1) is 5.52 Å². The van der Waals surface area contributed by atoms with Gasteiger partial charge in [0.15, 0.2) is 0 Å². The maximum Gasteiger partial charge on any atom is 0.145 e. The molecule has 0 aliphatic heterocycles. The second-order valence-corrected chi connectivity index (χ2v) is 11.2. The SMILES string of the molecule is Cc1cc(-c2cccc3c2sc2ccccc23)c(C)cc1-c1ccc2c(c1)c1ccccc1c1nccn21. The fourth-order valence-electron chi connectivity index (χ4n) is 6.12. The van der Waals surface area contributed by atoms with Gasteiger partial charge in [-0.05, 0) is 70.8 Å². The first-order valence-corrected chi connectivity index (χ1v) is 13.8. The third-order valence-corrected chi connectivity index (χ3v) is 9.15. The van der Waals surface area contributed by atoms with Gasteiger partial charge in [-0.25, -0.2) is 4.98 Å². The third kappa shape index (κ3) is 3.03. The van der Waals surface area contributed by atoms with E-state index in [-0.39, 0.29) is 0 Å². The second-order valence-electron chi connectivity index (χ2n) is 10.2. The Morgan fingerprint density at radius 2 is 1.34 bits per heavy atom. The lowest BCUT2D eigenvalue weighted by atomic mass is 9.90. The topological polar surface area (TPSA) is 17.3 Å². The standard InChI is InChI=1S/C35H24N2S/c1-21-19-30(27-12-7-11-26-25-9-5-6-13-33(25)38-34(26)27)22(2)18-29(21)23-14-15-32-31(20-23)24-8-3-4-10-28(24)35-36-16-17-37(32)35/h3-20H,1-2H3. The minimum atomic E-state index is 1.01. The van der Waals surface area contributed by atoms with E-state index < -0.39 is 0 Å². The molecule has 0 fully saturated rings. The number of imidazole rings is 1. The zero-order valence-corrected chi connectivity index (χ0v) is 22.0. The van der Waals surface area contributed by atoms with Crippen LogP contribution in [0.15, 0.2) is 109 Å². The van der Waals surface area contributed by atoms with E-state index in [0.717, 1.165) is 5.65 Å². The quantitative estimate of drug-likeness (QED) is 0.214. The number of aromatic nitrogens is 2. The maximum absolute atomic E-state index is 4.64. The molecular formula is C35H24N2S. The van der Waals surface area contributed by atoms with Gasteiger partial charge in [0.25, 0.3) is 0 Å². The van der Waals surface area contributed by atoms with Gasteiger partial charge < -0.3 is 0 Å². The van der Waals surface area contributed by atoms with Crippen LogP contribution in [-0.2, 0) is 0 Å². The molecule has 0 atom stereocenters. The Balaban J connectivity index is 1.33. The van der Waals surface area contributed by atoms with Crippen molar-refractivity contribution in [3.63, 3.8) is 0 Å². The predicted molar refractivity (Wildman–Crippen MR) is 163 cm³/mol. The molecule has 0 saturated heterocycles. The number of pyridine rings is 1. The lowest BCUT2D eigenvalue weighted by Crippen LogP contribution is -1.93. The molecule has 3 aromatic heterocycles. The predicted octanol–water partition coefficient (Wildman–Crippen LogP) is 9.96. The Hall–Kier alpha value is -4.47. The van der Waals surface area contributed by atoms with Crippen LogP contribution < -0.4 is 0 Å². The van der Waals surface area contributed by atoms with Gasteiger partial charge in [-0.3, -0.25) is 4.40 Å². The molecule has 8 rings (SSSR count). The Kier molecular flexibility index (Phi) is 4.55. The molecule has 0 N–H and O–H groups in total. The van der Waals surface area contributed by atoms with E-state index in [4.69, 9.17) is 0 Å². The molecular weight excluding hydrogens is 480 g/mol. The number of rotatable bonds is 2. The number of benzene rings is 5. The monoisotopic (exact) mass is 504 g/mol. The highest BCUT2D eigenvalue weighted by molar-refractivity contribution is 7.26. The molecule has 0 amide bonds. The average molecular weight is 505 g/mol. The summed E-state index contributed by atoms with van der Waals surface area (Å²) in [4.78, 5) is 4.64. The second kappa shape index (κ2) is 8.01. The number of aryl methyl sites for hydroxylation is 2. The fourth-order valence-corrected chi connectivity index (χ4v) is 7.35. The summed E-state index contributed by atoms with van der Waals surface area (Å²) in [5, 5.41) is 6.36. The van der Waals surface area contributed by atoms with Gasteiger partial charge in [-0.1, -0.05) is 78.9 Å². The van der Waals surface area contributed by atoms with E-state index in [0.29, 0.717) is 0 Å². The first-order chi connectivity index (χ1) is 18.7. The van der Waals surface area contributed by atoms with Crippen LogP contribution in [0.3, 0.4) is 0 Å². The van der Waals surface area contributed by atoms with Crippen molar-refractivity contribution in [3.05, 3.63) is 121 Å². The minimum Gasteiger partial charge on any atom is -0.299 e. The van der Waals surface area contributed by atoms with Gasteiger partial charge in [0.1, 0.15) is 5.65 Å². The van der Waals surface area contributed by atoms with Crippen LogP contribution >= 0.6 is 11.3 Å². The Morgan fingerprint density at radius 1 is 0.605 bits per heavy atom. The highest BCUT2D eigenvalue weighted by atomic mass is 32.1. The van der Waals surface area contributed by atoms with Crippen molar-refractivity contribution in [2.24, 2.45) is 0 Å². The van der Waals surface area contributed by atoms with Gasteiger partial charge in [-0.15, -0.1) is 11.3 Å². The first-order valence-electron chi connectivity index (χ1n) is 13.0. The molecule has 0 unspecified atom stereocenters. The summed E-state index contributed by atoms with van der Waals surface area (Å²) in [7, 11) is 0. The Morgan fingerprint density at radius 3 is 2.24 bits per heavy atom. The molecule has 3 heterocycles. The third-order valence-electron chi connectivity index (χ3n) is 7.93. The van der Waals surface area contributed by atoms with Crippen LogP contribution in [-0.4, -0.2) is 9.38 Å². The molecule has 180 valence electrons. The van der Waals surface area contributed by atoms with E-state index in [9.17, 15) is 0 Å². The summed E-state index contributed by atoms with van der Waals surface area (Å²) in [5.74, 6) is 0. The summed E-state index contributed by atoms with van der Waals surface area (Å²) in [6.07, 6.45) is 3.95. The molecule has 38 heavy (non-hydrogen) atoms. The molecule has 0 radical (unpaired) electrons. The molecule has 0 saturated carbocycles. The van der Waals surface area contributed by atoms with Crippen LogP contribution in [0.2, 0.25) is 0 Å². The summed E-state index contributed by atoms with van der Waals surface area (Å²) in [6, 6.07) is 35.7. The molecule has 5 aromatic carbocycles. The number of fused-ring (bicyclic) bond motifs is 9. The molecule has 0 aliphatic carbocycles. The van der Waals surface area contributed by atoms with Crippen molar-refractivity contribution in [1.29, 1.82) is 0 Å². The number of hydrogen-bond donors (Lipinski definition) is 0.